The van der Waals surface area contributed by atoms with Crippen molar-refractivity contribution in [1.82, 2.24) is 20.0 Å². The molecule has 1 aliphatic heterocycles. The van der Waals surface area contributed by atoms with Gasteiger partial charge in [-0.1, -0.05) is 16.8 Å². The molecule has 0 unspecified atom stereocenters. The van der Waals surface area contributed by atoms with Gasteiger partial charge in [-0.15, -0.1) is 0 Å². The third-order valence-corrected chi connectivity index (χ3v) is 3.58. The second kappa shape index (κ2) is 6.31. The first kappa shape index (κ1) is 14.8. The molecule has 1 saturated heterocycles. The highest BCUT2D eigenvalue weighted by atomic mass is 35.5. The molecule has 3 heterocycles. The predicted molar refractivity (Wildman–Crippen MR) is 77.8 cm³/mol. The second-order valence-corrected chi connectivity index (χ2v) is 5.58. The van der Waals surface area contributed by atoms with Gasteiger partial charge in [0.05, 0.1) is 24.0 Å². The van der Waals surface area contributed by atoms with E-state index in [2.05, 4.69) is 15.1 Å². The van der Waals surface area contributed by atoms with Gasteiger partial charge in [0.1, 0.15) is 11.9 Å². The summed E-state index contributed by atoms with van der Waals surface area (Å²) in [5.74, 6) is 0.463. The summed E-state index contributed by atoms with van der Waals surface area (Å²) in [4.78, 5) is 22.1. The molecule has 2 aromatic rings. The number of aryl methyl sites for hydroxylation is 1. The van der Waals surface area contributed by atoms with E-state index in [9.17, 15) is 4.79 Å². The molecule has 116 valence electrons. The number of hydrogen-bond donors (Lipinski definition) is 0. The van der Waals surface area contributed by atoms with Gasteiger partial charge in [0.2, 0.25) is 0 Å². The average Bonchev–Trinajstić information content (AvgIpc) is 2.96. The Hall–Kier alpha value is -2.15. The zero-order valence-corrected chi connectivity index (χ0v) is 12.8. The molecule has 0 N–H and O–H groups in total. The normalized spacial score (nSPS) is 18.3. The van der Waals surface area contributed by atoms with Crippen LogP contribution in [0.4, 0.5) is 0 Å². The summed E-state index contributed by atoms with van der Waals surface area (Å²) >= 11 is 5.74. The molecule has 1 amide bonds. The Bertz CT molecular complexity index is 658. The lowest BCUT2D eigenvalue weighted by atomic mass is 10.1. The molecule has 0 aliphatic carbocycles. The summed E-state index contributed by atoms with van der Waals surface area (Å²) < 4.78 is 10.7. The molecule has 2 aromatic heterocycles. The fourth-order valence-corrected chi connectivity index (χ4v) is 2.46. The van der Waals surface area contributed by atoms with Gasteiger partial charge < -0.3 is 14.2 Å². The second-order valence-electron chi connectivity index (χ2n) is 5.14. The van der Waals surface area contributed by atoms with Crippen LogP contribution < -0.4 is 4.74 Å². The van der Waals surface area contributed by atoms with Crippen LogP contribution in [-0.2, 0) is 0 Å². The van der Waals surface area contributed by atoms with Crippen molar-refractivity contribution in [3.8, 4) is 6.01 Å². The smallest absolute Gasteiger partial charge is 0.316 e. The Labute approximate surface area is 132 Å². The van der Waals surface area contributed by atoms with Gasteiger partial charge in [-0.3, -0.25) is 4.79 Å². The summed E-state index contributed by atoms with van der Waals surface area (Å²) in [5.41, 5.74) is 0.320. The summed E-state index contributed by atoms with van der Waals surface area (Å²) in [6.45, 7) is 2.90. The highest BCUT2D eigenvalue weighted by Crippen LogP contribution is 2.18. The Morgan fingerprint density at radius 2 is 2.23 bits per heavy atom. The van der Waals surface area contributed by atoms with Crippen LogP contribution in [0.15, 0.2) is 23.0 Å². The molecular formula is C14H15ClN4O3. The molecule has 0 radical (unpaired) electrons. The molecule has 7 nitrogen and oxygen atoms in total. The highest BCUT2D eigenvalue weighted by Gasteiger charge is 2.27. The Kier molecular flexibility index (Phi) is 4.24. The lowest BCUT2D eigenvalue weighted by molar-refractivity contribution is 0.0507. The van der Waals surface area contributed by atoms with E-state index < -0.39 is 0 Å². The Morgan fingerprint density at radius 1 is 1.45 bits per heavy atom. The minimum atomic E-state index is -0.151. The van der Waals surface area contributed by atoms with Crippen molar-refractivity contribution >= 4 is 17.5 Å². The third kappa shape index (κ3) is 3.36. The maximum atomic E-state index is 12.4. The van der Waals surface area contributed by atoms with E-state index >= 15 is 0 Å². The Balaban J connectivity index is 1.63. The minimum absolute atomic E-state index is 0.146. The number of ether oxygens (including phenoxy) is 1. The molecule has 1 aliphatic rings. The minimum Gasteiger partial charge on any atom is -0.458 e. The first-order chi connectivity index (χ1) is 10.6. The fourth-order valence-electron chi connectivity index (χ4n) is 2.36. The van der Waals surface area contributed by atoms with Gasteiger partial charge in [-0.05, 0) is 19.8 Å². The van der Waals surface area contributed by atoms with Crippen LogP contribution in [0.2, 0.25) is 5.02 Å². The van der Waals surface area contributed by atoms with Crippen LogP contribution in [0, 0.1) is 6.92 Å². The number of rotatable bonds is 3. The first-order valence-corrected chi connectivity index (χ1v) is 7.36. The van der Waals surface area contributed by atoms with Crippen LogP contribution in [0.1, 0.15) is 29.1 Å². The number of carbonyl (C=O) groups excluding carboxylic acids is 1. The number of likely N-dealkylation sites (tertiary alicyclic amines) is 1. The summed E-state index contributed by atoms with van der Waals surface area (Å²) in [7, 11) is 0. The van der Waals surface area contributed by atoms with Gasteiger partial charge in [0.25, 0.3) is 5.91 Å². The molecule has 0 saturated carbocycles. The van der Waals surface area contributed by atoms with Crippen LogP contribution in [0.25, 0.3) is 0 Å². The van der Waals surface area contributed by atoms with E-state index in [1.165, 1.54) is 12.4 Å². The predicted octanol–water partition coefficient (Wildman–Crippen LogP) is 2.11. The van der Waals surface area contributed by atoms with Crippen molar-refractivity contribution in [2.75, 3.05) is 13.1 Å². The number of halogens is 1. The number of nitrogens with zero attached hydrogens (tertiary/aromatic N) is 4. The van der Waals surface area contributed by atoms with Crippen LogP contribution in [0.5, 0.6) is 6.01 Å². The molecule has 0 aromatic carbocycles. The topological polar surface area (TPSA) is 81.4 Å². The zero-order chi connectivity index (χ0) is 15.5. The molecule has 1 fully saturated rings. The number of aromatic nitrogens is 3. The zero-order valence-electron chi connectivity index (χ0n) is 12.0. The van der Waals surface area contributed by atoms with Crippen molar-refractivity contribution in [2.45, 2.75) is 25.9 Å². The molecule has 3 rings (SSSR count). The van der Waals surface area contributed by atoms with E-state index in [0.29, 0.717) is 29.6 Å². The quantitative estimate of drug-likeness (QED) is 0.861. The highest BCUT2D eigenvalue weighted by molar-refractivity contribution is 6.30. The third-order valence-electron chi connectivity index (χ3n) is 3.38. The average molecular weight is 323 g/mol. The van der Waals surface area contributed by atoms with E-state index in [4.69, 9.17) is 20.9 Å². The van der Waals surface area contributed by atoms with Crippen molar-refractivity contribution in [3.63, 3.8) is 0 Å². The lowest BCUT2D eigenvalue weighted by Gasteiger charge is -2.31. The van der Waals surface area contributed by atoms with E-state index in [1.54, 1.807) is 17.9 Å². The van der Waals surface area contributed by atoms with Crippen molar-refractivity contribution < 1.29 is 14.1 Å². The molecule has 22 heavy (non-hydrogen) atoms. The van der Waals surface area contributed by atoms with Gasteiger partial charge >= 0.3 is 6.01 Å². The first-order valence-electron chi connectivity index (χ1n) is 6.98. The van der Waals surface area contributed by atoms with E-state index in [1.807, 2.05) is 0 Å². The largest absolute Gasteiger partial charge is 0.458 e. The summed E-state index contributed by atoms with van der Waals surface area (Å²) in [6, 6.07) is 1.90. The van der Waals surface area contributed by atoms with Gasteiger partial charge in [-0.25, -0.2) is 9.97 Å². The van der Waals surface area contributed by atoms with Crippen molar-refractivity contribution in [2.24, 2.45) is 0 Å². The summed E-state index contributed by atoms with van der Waals surface area (Å²) in [6.07, 6.45) is 4.50. The van der Waals surface area contributed by atoms with Crippen molar-refractivity contribution in [1.29, 1.82) is 0 Å². The van der Waals surface area contributed by atoms with Crippen molar-refractivity contribution in [3.05, 3.63) is 34.9 Å². The van der Waals surface area contributed by atoms with Gasteiger partial charge in [0, 0.05) is 12.6 Å². The molecule has 8 heteroatoms. The SMILES string of the molecule is Cc1cc(C(=O)N2CCC[C@@H](Oc3ncc(Cl)cn3)C2)no1. The van der Waals surface area contributed by atoms with E-state index in [0.717, 1.165) is 12.8 Å². The Morgan fingerprint density at radius 3 is 2.91 bits per heavy atom. The lowest BCUT2D eigenvalue weighted by Crippen LogP contribution is -2.44. The maximum Gasteiger partial charge on any atom is 0.316 e. The number of hydrogen-bond acceptors (Lipinski definition) is 6. The van der Waals surface area contributed by atoms with Crippen LogP contribution in [-0.4, -0.2) is 45.1 Å². The molecule has 1 atom stereocenters. The standard InChI is InChI=1S/C14H15ClN4O3/c1-9-5-12(18-22-9)13(20)19-4-2-3-11(8-19)21-14-16-6-10(15)7-17-14/h5-7,11H,2-4,8H2,1H3/t11-/m1/s1. The van der Waals surface area contributed by atoms with Gasteiger partial charge in [-0.2, -0.15) is 0 Å². The molecule has 0 bridgehead atoms. The molecular weight excluding hydrogens is 308 g/mol. The number of carbonyl (C=O) groups is 1. The molecule has 0 spiro atoms. The van der Waals surface area contributed by atoms with E-state index in [-0.39, 0.29) is 18.0 Å². The number of amides is 1. The number of piperidine rings is 1. The monoisotopic (exact) mass is 322 g/mol. The van der Waals surface area contributed by atoms with Crippen LogP contribution >= 0.6 is 11.6 Å². The van der Waals surface area contributed by atoms with Gasteiger partial charge in [0.15, 0.2) is 5.69 Å². The maximum absolute atomic E-state index is 12.4. The van der Waals surface area contributed by atoms with Crippen LogP contribution in [0.3, 0.4) is 0 Å². The summed E-state index contributed by atoms with van der Waals surface area (Å²) in [5, 5.41) is 4.22. The fraction of sp³-hybridized carbons (Fsp3) is 0.429.